The number of ketones is 1. The van der Waals surface area contributed by atoms with Gasteiger partial charge in [0.05, 0.1) is 0 Å². The van der Waals surface area contributed by atoms with Crippen LogP contribution in [0.25, 0.3) is 0 Å². The fourth-order valence-electron chi connectivity index (χ4n) is 1.12. The Morgan fingerprint density at radius 1 is 1.38 bits per heavy atom. The Kier molecular flexibility index (Phi) is 2.66. The van der Waals surface area contributed by atoms with Gasteiger partial charge in [-0.15, -0.1) is 0 Å². The van der Waals surface area contributed by atoms with Gasteiger partial charge in [0, 0.05) is 23.9 Å². The van der Waals surface area contributed by atoms with E-state index in [4.69, 9.17) is 0 Å². The van der Waals surface area contributed by atoms with Crippen molar-refractivity contribution in [2.24, 2.45) is 0 Å². The minimum absolute atomic E-state index is 0.0191. The predicted molar refractivity (Wildman–Crippen MR) is 51.1 cm³/mol. The van der Waals surface area contributed by atoms with E-state index < -0.39 is 0 Å². The quantitative estimate of drug-likeness (QED) is 0.647. The molecule has 0 aliphatic heterocycles. The van der Waals surface area contributed by atoms with E-state index in [1.807, 2.05) is 13.8 Å². The maximum absolute atomic E-state index is 11.3. The SMILES string of the molecule is CC(=O)c1ccc(=O)n(C(C)C)c1. The Hall–Kier alpha value is -1.38. The first-order valence-electron chi connectivity index (χ1n) is 4.25. The highest BCUT2D eigenvalue weighted by Gasteiger charge is 2.04. The van der Waals surface area contributed by atoms with Crippen molar-refractivity contribution in [2.45, 2.75) is 26.8 Å². The maximum Gasteiger partial charge on any atom is 0.250 e. The topological polar surface area (TPSA) is 39.1 Å². The lowest BCUT2D eigenvalue weighted by Crippen LogP contribution is -2.21. The number of rotatable bonds is 2. The second-order valence-corrected chi connectivity index (χ2v) is 3.31. The summed E-state index contributed by atoms with van der Waals surface area (Å²) in [5, 5.41) is 0. The van der Waals surface area contributed by atoms with Gasteiger partial charge in [-0.2, -0.15) is 0 Å². The van der Waals surface area contributed by atoms with Crippen LogP contribution in [0.4, 0.5) is 0 Å². The third-order valence-corrected chi connectivity index (χ3v) is 1.90. The standard InChI is InChI=1S/C10H13NO2/c1-7(2)11-6-9(8(3)12)4-5-10(11)13/h4-7H,1-3H3. The van der Waals surface area contributed by atoms with Crippen molar-refractivity contribution in [1.29, 1.82) is 0 Å². The first kappa shape index (κ1) is 9.71. The number of pyridine rings is 1. The molecule has 0 N–H and O–H groups in total. The summed E-state index contributed by atoms with van der Waals surface area (Å²) in [5.41, 5.74) is 0.508. The van der Waals surface area contributed by atoms with Gasteiger partial charge in [-0.25, -0.2) is 0 Å². The van der Waals surface area contributed by atoms with Crippen LogP contribution < -0.4 is 5.56 Å². The molecule has 0 radical (unpaired) electrons. The van der Waals surface area contributed by atoms with Crippen molar-refractivity contribution in [3.8, 4) is 0 Å². The molecule has 3 nitrogen and oxygen atoms in total. The molecule has 70 valence electrons. The number of hydrogen-bond donors (Lipinski definition) is 0. The number of carbonyl (C=O) groups is 1. The molecule has 0 spiro atoms. The highest BCUT2D eigenvalue weighted by molar-refractivity contribution is 5.93. The largest absolute Gasteiger partial charge is 0.312 e. The van der Waals surface area contributed by atoms with Gasteiger partial charge in [0.2, 0.25) is 0 Å². The number of aromatic nitrogens is 1. The summed E-state index contributed by atoms with van der Waals surface area (Å²) in [6, 6.07) is 3.08. The van der Waals surface area contributed by atoms with Crippen molar-refractivity contribution in [1.82, 2.24) is 4.57 Å². The Morgan fingerprint density at radius 2 is 2.00 bits per heavy atom. The molecule has 0 unspecified atom stereocenters. The smallest absolute Gasteiger partial charge is 0.250 e. The van der Waals surface area contributed by atoms with E-state index >= 15 is 0 Å². The van der Waals surface area contributed by atoms with E-state index in [-0.39, 0.29) is 17.4 Å². The van der Waals surface area contributed by atoms with Crippen LogP contribution in [0.15, 0.2) is 23.1 Å². The molecule has 0 saturated heterocycles. The van der Waals surface area contributed by atoms with E-state index in [9.17, 15) is 9.59 Å². The summed E-state index contributed by atoms with van der Waals surface area (Å²) in [6.45, 7) is 5.31. The van der Waals surface area contributed by atoms with Crippen LogP contribution in [0.5, 0.6) is 0 Å². The fraction of sp³-hybridized carbons (Fsp3) is 0.400. The molecule has 0 fully saturated rings. The molecule has 1 heterocycles. The van der Waals surface area contributed by atoms with Crippen molar-refractivity contribution >= 4 is 5.78 Å². The van der Waals surface area contributed by atoms with Crippen LogP contribution in [0.2, 0.25) is 0 Å². The summed E-state index contributed by atoms with van der Waals surface area (Å²) in [7, 11) is 0. The Balaban J connectivity index is 3.27. The third-order valence-electron chi connectivity index (χ3n) is 1.90. The summed E-state index contributed by atoms with van der Waals surface area (Å²) in [5.74, 6) is -0.0191. The molecule has 13 heavy (non-hydrogen) atoms. The lowest BCUT2D eigenvalue weighted by Gasteiger charge is -2.09. The fourth-order valence-corrected chi connectivity index (χ4v) is 1.12. The first-order valence-corrected chi connectivity index (χ1v) is 4.25. The lowest BCUT2D eigenvalue weighted by molar-refractivity contribution is 0.101. The molecule has 3 heteroatoms. The Morgan fingerprint density at radius 3 is 2.46 bits per heavy atom. The molecule has 1 aromatic heterocycles. The number of Topliss-reactive ketones (excluding diaryl/α,β-unsaturated/α-hetero) is 1. The molecule has 1 rings (SSSR count). The van der Waals surface area contributed by atoms with Gasteiger partial charge < -0.3 is 4.57 Å². The van der Waals surface area contributed by atoms with Crippen LogP contribution in [-0.2, 0) is 0 Å². The van der Waals surface area contributed by atoms with Crippen LogP contribution in [-0.4, -0.2) is 10.4 Å². The van der Waals surface area contributed by atoms with Crippen molar-refractivity contribution < 1.29 is 4.79 Å². The zero-order valence-electron chi connectivity index (χ0n) is 8.07. The van der Waals surface area contributed by atoms with Crippen molar-refractivity contribution in [3.05, 3.63) is 34.2 Å². The Bertz CT molecular complexity index is 377. The summed E-state index contributed by atoms with van der Waals surface area (Å²) in [6.07, 6.45) is 1.61. The lowest BCUT2D eigenvalue weighted by atomic mass is 10.2. The Labute approximate surface area is 77.0 Å². The van der Waals surface area contributed by atoms with Gasteiger partial charge in [0.1, 0.15) is 0 Å². The minimum Gasteiger partial charge on any atom is -0.312 e. The van der Waals surface area contributed by atoms with Gasteiger partial charge in [-0.05, 0) is 26.8 Å². The molecule has 0 bridgehead atoms. The average molecular weight is 179 g/mol. The molecule has 0 aromatic carbocycles. The molecule has 1 aromatic rings. The first-order chi connectivity index (χ1) is 6.02. The van der Waals surface area contributed by atoms with E-state index in [1.54, 1.807) is 16.8 Å². The number of nitrogens with zero attached hydrogens (tertiary/aromatic N) is 1. The molecule has 0 saturated carbocycles. The molecular weight excluding hydrogens is 166 g/mol. The highest BCUT2D eigenvalue weighted by Crippen LogP contribution is 2.03. The van der Waals surface area contributed by atoms with Crippen LogP contribution in [0.3, 0.4) is 0 Å². The maximum atomic E-state index is 11.3. The average Bonchev–Trinajstić information content (AvgIpc) is 2.04. The monoisotopic (exact) mass is 179 g/mol. The van der Waals surface area contributed by atoms with Crippen molar-refractivity contribution in [2.75, 3.05) is 0 Å². The zero-order valence-corrected chi connectivity index (χ0v) is 8.07. The number of hydrogen-bond acceptors (Lipinski definition) is 2. The van der Waals surface area contributed by atoms with Gasteiger partial charge in [-0.1, -0.05) is 0 Å². The minimum atomic E-state index is -0.0694. The molecule has 0 amide bonds. The van der Waals surface area contributed by atoms with Crippen LogP contribution >= 0.6 is 0 Å². The molecular formula is C10H13NO2. The van der Waals surface area contributed by atoms with Gasteiger partial charge in [-0.3, -0.25) is 9.59 Å². The molecule has 0 atom stereocenters. The predicted octanol–water partition coefficient (Wildman–Crippen LogP) is 1.63. The van der Waals surface area contributed by atoms with Crippen molar-refractivity contribution in [3.63, 3.8) is 0 Å². The van der Waals surface area contributed by atoms with Gasteiger partial charge in [0.15, 0.2) is 5.78 Å². The third kappa shape index (κ3) is 2.05. The van der Waals surface area contributed by atoms with Crippen LogP contribution in [0.1, 0.15) is 37.2 Å². The van der Waals surface area contributed by atoms with E-state index in [1.165, 1.54) is 13.0 Å². The zero-order chi connectivity index (χ0) is 10.0. The number of carbonyl (C=O) groups excluding carboxylic acids is 1. The van der Waals surface area contributed by atoms with Gasteiger partial charge in [0.25, 0.3) is 5.56 Å². The van der Waals surface area contributed by atoms with E-state index in [0.29, 0.717) is 5.56 Å². The molecule has 0 aliphatic rings. The second-order valence-electron chi connectivity index (χ2n) is 3.31. The second kappa shape index (κ2) is 3.56. The van der Waals surface area contributed by atoms with E-state index in [2.05, 4.69) is 0 Å². The molecule has 0 aliphatic carbocycles. The summed E-state index contributed by atoms with van der Waals surface area (Å²) in [4.78, 5) is 22.3. The summed E-state index contributed by atoms with van der Waals surface area (Å²) >= 11 is 0. The summed E-state index contributed by atoms with van der Waals surface area (Å²) < 4.78 is 1.55. The van der Waals surface area contributed by atoms with Crippen LogP contribution in [0, 0.1) is 0 Å². The van der Waals surface area contributed by atoms with E-state index in [0.717, 1.165) is 0 Å². The van der Waals surface area contributed by atoms with Gasteiger partial charge >= 0.3 is 0 Å². The normalized spacial score (nSPS) is 10.5. The highest BCUT2D eigenvalue weighted by atomic mass is 16.1.